The number of hydrogen-bond acceptors (Lipinski definition) is 2. The number of alkyl halides is 3. The molecular formula is C9H11F3N2. The molecule has 0 unspecified atom stereocenters. The smallest absolute Gasteiger partial charge is 0.375 e. The van der Waals surface area contributed by atoms with Gasteiger partial charge in [-0.2, -0.15) is 18.4 Å². The Morgan fingerprint density at radius 3 is 2.43 bits per heavy atom. The van der Waals surface area contributed by atoms with Gasteiger partial charge in [-0.15, -0.1) is 0 Å². The molecule has 14 heavy (non-hydrogen) atoms. The lowest BCUT2D eigenvalue weighted by atomic mass is 10.1. The zero-order chi connectivity index (χ0) is 11.2. The van der Waals surface area contributed by atoms with Crippen molar-refractivity contribution in [3.05, 3.63) is 23.9 Å². The van der Waals surface area contributed by atoms with Crippen molar-refractivity contribution in [1.29, 1.82) is 5.26 Å². The van der Waals surface area contributed by atoms with Gasteiger partial charge in [-0.05, 0) is 6.42 Å². The zero-order valence-electron chi connectivity index (χ0n) is 7.78. The van der Waals surface area contributed by atoms with Crippen LogP contribution >= 0.6 is 0 Å². The van der Waals surface area contributed by atoms with E-state index in [-0.39, 0.29) is 18.7 Å². The van der Waals surface area contributed by atoms with Gasteiger partial charge in [0, 0.05) is 5.70 Å². The molecule has 5 heteroatoms. The number of allylic oxidation sites excluding steroid dienone is 3. The summed E-state index contributed by atoms with van der Waals surface area (Å²) in [6.45, 7) is 4.54. The lowest BCUT2D eigenvalue weighted by Crippen LogP contribution is -2.21. The first-order valence-corrected chi connectivity index (χ1v) is 4.01. The predicted octanol–water partition coefficient (Wildman–Crippen LogP) is 2.51. The summed E-state index contributed by atoms with van der Waals surface area (Å²) in [6, 6.07) is 1.72. The molecule has 0 radical (unpaired) electrons. The summed E-state index contributed by atoms with van der Waals surface area (Å²) in [5.41, 5.74) is -0.815. The SMILES string of the molecule is C=C/C(=C(\CC)NCC#N)C(F)(F)F. The summed E-state index contributed by atoms with van der Waals surface area (Å²) >= 11 is 0. The number of nitriles is 1. The molecule has 0 aromatic heterocycles. The minimum Gasteiger partial charge on any atom is -0.375 e. The van der Waals surface area contributed by atoms with Crippen molar-refractivity contribution in [2.24, 2.45) is 0 Å². The van der Waals surface area contributed by atoms with Crippen molar-refractivity contribution in [3.63, 3.8) is 0 Å². The van der Waals surface area contributed by atoms with Gasteiger partial charge in [0.15, 0.2) is 0 Å². The molecule has 0 atom stereocenters. The van der Waals surface area contributed by atoms with Crippen molar-refractivity contribution >= 4 is 0 Å². The molecule has 78 valence electrons. The van der Waals surface area contributed by atoms with Crippen LogP contribution in [0.1, 0.15) is 13.3 Å². The number of nitrogens with one attached hydrogen (secondary N) is 1. The Kier molecular flexibility index (Phi) is 4.78. The maximum atomic E-state index is 12.3. The summed E-state index contributed by atoms with van der Waals surface area (Å²) < 4.78 is 37.0. The van der Waals surface area contributed by atoms with Crippen LogP contribution in [0.3, 0.4) is 0 Å². The van der Waals surface area contributed by atoms with Crippen LogP contribution < -0.4 is 5.32 Å². The second kappa shape index (κ2) is 5.32. The molecule has 0 aromatic rings. The first-order valence-electron chi connectivity index (χ1n) is 4.01. The van der Waals surface area contributed by atoms with Gasteiger partial charge in [-0.1, -0.05) is 19.6 Å². The van der Waals surface area contributed by atoms with Crippen LogP contribution in [-0.4, -0.2) is 12.7 Å². The second-order valence-corrected chi connectivity index (χ2v) is 2.46. The minimum absolute atomic E-state index is 0.00551. The predicted molar refractivity (Wildman–Crippen MR) is 47.2 cm³/mol. The molecule has 0 heterocycles. The minimum atomic E-state index is -4.42. The highest BCUT2D eigenvalue weighted by Gasteiger charge is 2.33. The fourth-order valence-corrected chi connectivity index (χ4v) is 0.967. The third-order valence-corrected chi connectivity index (χ3v) is 1.57. The van der Waals surface area contributed by atoms with Gasteiger partial charge in [0.25, 0.3) is 0 Å². The fourth-order valence-electron chi connectivity index (χ4n) is 0.967. The van der Waals surface area contributed by atoms with E-state index in [1.165, 1.54) is 0 Å². The Morgan fingerprint density at radius 2 is 2.14 bits per heavy atom. The highest BCUT2D eigenvalue weighted by molar-refractivity contribution is 5.28. The van der Waals surface area contributed by atoms with E-state index in [0.717, 1.165) is 6.08 Å². The van der Waals surface area contributed by atoms with E-state index in [9.17, 15) is 13.2 Å². The molecule has 1 N–H and O–H groups in total. The molecule has 0 aromatic carbocycles. The topological polar surface area (TPSA) is 35.8 Å². The number of nitrogens with zero attached hydrogens (tertiary/aromatic N) is 1. The number of rotatable bonds is 4. The van der Waals surface area contributed by atoms with Crippen molar-refractivity contribution in [3.8, 4) is 6.07 Å². The van der Waals surface area contributed by atoms with Gasteiger partial charge in [-0.25, -0.2) is 0 Å². The highest BCUT2D eigenvalue weighted by atomic mass is 19.4. The Balaban J connectivity index is 4.94. The van der Waals surface area contributed by atoms with Gasteiger partial charge >= 0.3 is 6.18 Å². The van der Waals surface area contributed by atoms with Crippen LogP contribution in [0.2, 0.25) is 0 Å². The van der Waals surface area contributed by atoms with Gasteiger partial charge in [-0.3, -0.25) is 0 Å². The second-order valence-electron chi connectivity index (χ2n) is 2.46. The normalized spacial score (nSPS) is 12.8. The van der Waals surface area contributed by atoms with E-state index in [0.29, 0.717) is 0 Å². The molecule has 0 saturated heterocycles. The average molecular weight is 204 g/mol. The number of hydrogen-bond donors (Lipinski definition) is 1. The van der Waals surface area contributed by atoms with E-state index < -0.39 is 11.7 Å². The maximum Gasteiger partial charge on any atom is 0.418 e. The summed E-state index contributed by atoms with van der Waals surface area (Å²) in [5.74, 6) is 0. The molecule has 0 spiro atoms. The first-order chi connectivity index (χ1) is 6.47. The standard InChI is InChI=1S/C9H11F3N2/c1-3-7(9(10,11)12)8(4-2)14-6-5-13/h3,14H,1,4,6H2,2H3/b8-7-. The van der Waals surface area contributed by atoms with Crippen LogP contribution in [0, 0.1) is 11.3 Å². The summed E-state index contributed by atoms with van der Waals surface area (Å²) in [4.78, 5) is 0. The Labute approximate surface area is 80.7 Å². The van der Waals surface area contributed by atoms with Crippen molar-refractivity contribution in [1.82, 2.24) is 5.32 Å². The van der Waals surface area contributed by atoms with E-state index in [2.05, 4.69) is 11.9 Å². The molecule has 0 aliphatic carbocycles. The zero-order valence-corrected chi connectivity index (χ0v) is 7.78. The number of halogens is 3. The molecule has 0 rings (SSSR count). The first kappa shape index (κ1) is 12.6. The van der Waals surface area contributed by atoms with Crippen LogP contribution in [0.25, 0.3) is 0 Å². The van der Waals surface area contributed by atoms with Gasteiger partial charge < -0.3 is 5.32 Å². The third kappa shape index (κ3) is 3.52. The van der Waals surface area contributed by atoms with Crippen LogP contribution in [0.15, 0.2) is 23.9 Å². The molecule has 0 fully saturated rings. The molecular weight excluding hydrogens is 193 g/mol. The van der Waals surface area contributed by atoms with Gasteiger partial charge in [0.05, 0.1) is 11.6 Å². The van der Waals surface area contributed by atoms with Crippen LogP contribution in [0.4, 0.5) is 13.2 Å². The summed E-state index contributed by atoms with van der Waals surface area (Å²) in [6.07, 6.45) is -3.48. The molecule has 0 amide bonds. The molecule has 0 aliphatic heterocycles. The van der Waals surface area contributed by atoms with Crippen molar-refractivity contribution in [2.45, 2.75) is 19.5 Å². The van der Waals surface area contributed by atoms with Gasteiger partial charge in [0.1, 0.15) is 6.54 Å². The molecule has 0 aliphatic rings. The third-order valence-electron chi connectivity index (χ3n) is 1.57. The van der Waals surface area contributed by atoms with Gasteiger partial charge in [0.2, 0.25) is 0 Å². The fraction of sp³-hybridized carbons (Fsp3) is 0.444. The Hall–Kier alpha value is -1.44. The Bertz CT molecular complexity index is 271. The lowest BCUT2D eigenvalue weighted by molar-refractivity contribution is -0.0893. The molecule has 0 bridgehead atoms. The quantitative estimate of drug-likeness (QED) is 0.564. The van der Waals surface area contributed by atoms with E-state index in [4.69, 9.17) is 5.26 Å². The summed E-state index contributed by atoms with van der Waals surface area (Å²) in [7, 11) is 0. The van der Waals surface area contributed by atoms with Crippen LogP contribution in [0.5, 0.6) is 0 Å². The molecule has 2 nitrogen and oxygen atoms in total. The monoisotopic (exact) mass is 204 g/mol. The van der Waals surface area contributed by atoms with E-state index in [1.54, 1.807) is 13.0 Å². The lowest BCUT2D eigenvalue weighted by Gasteiger charge is -2.14. The van der Waals surface area contributed by atoms with E-state index in [1.807, 2.05) is 0 Å². The highest BCUT2D eigenvalue weighted by Crippen LogP contribution is 2.28. The molecule has 0 saturated carbocycles. The summed E-state index contributed by atoms with van der Waals surface area (Å²) in [5, 5.41) is 10.6. The van der Waals surface area contributed by atoms with Crippen molar-refractivity contribution < 1.29 is 13.2 Å². The average Bonchev–Trinajstić information content (AvgIpc) is 2.09. The van der Waals surface area contributed by atoms with E-state index >= 15 is 0 Å². The van der Waals surface area contributed by atoms with Crippen LogP contribution in [-0.2, 0) is 0 Å². The Morgan fingerprint density at radius 1 is 1.57 bits per heavy atom. The largest absolute Gasteiger partial charge is 0.418 e. The maximum absolute atomic E-state index is 12.3. The van der Waals surface area contributed by atoms with Crippen molar-refractivity contribution in [2.75, 3.05) is 6.54 Å².